The molecule has 2 N–H and O–H groups in total. The molecule has 0 bridgehead atoms. The molecule has 2 rings (SSSR count). The Hall–Kier alpha value is -2.37. The van der Waals surface area contributed by atoms with Gasteiger partial charge in [-0.1, -0.05) is 30.8 Å². The van der Waals surface area contributed by atoms with Crippen molar-refractivity contribution in [2.75, 3.05) is 0 Å². The molecular formula is C17H14F5N. The van der Waals surface area contributed by atoms with E-state index in [9.17, 15) is 22.0 Å². The smallest absolute Gasteiger partial charge is 0.200 e. The van der Waals surface area contributed by atoms with Gasteiger partial charge >= 0.3 is 0 Å². The minimum absolute atomic E-state index is 0.393. The lowest BCUT2D eigenvalue weighted by Crippen LogP contribution is -2.07. The molecule has 0 heterocycles. The second kappa shape index (κ2) is 6.81. The minimum atomic E-state index is -2.15. The second-order valence-electron chi connectivity index (χ2n) is 5.20. The van der Waals surface area contributed by atoms with Crippen LogP contribution in [-0.2, 0) is 12.8 Å². The van der Waals surface area contributed by atoms with Crippen LogP contribution in [0.1, 0.15) is 23.1 Å². The number of halogens is 5. The SMILES string of the molecule is C=C(N)CCc1ccc(Cc2c(F)c(F)c(F)c(F)c2F)cc1. The summed E-state index contributed by atoms with van der Waals surface area (Å²) in [6.07, 6.45) is 0.852. The highest BCUT2D eigenvalue weighted by Gasteiger charge is 2.25. The molecule has 0 aliphatic heterocycles. The fourth-order valence-electron chi connectivity index (χ4n) is 2.14. The number of rotatable bonds is 5. The molecule has 122 valence electrons. The predicted molar refractivity (Wildman–Crippen MR) is 77.1 cm³/mol. The summed E-state index contributed by atoms with van der Waals surface area (Å²) in [5.41, 5.74) is 6.52. The Morgan fingerprint density at radius 2 is 1.22 bits per heavy atom. The van der Waals surface area contributed by atoms with Crippen molar-refractivity contribution >= 4 is 0 Å². The van der Waals surface area contributed by atoms with E-state index in [1.54, 1.807) is 24.3 Å². The Labute approximate surface area is 130 Å². The number of allylic oxidation sites excluding steroid dienone is 1. The van der Waals surface area contributed by atoms with E-state index in [0.29, 0.717) is 24.1 Å². The Kier molecular flexibility index (Phi) is 5.03. The van der Waals surface area contributed by atoms with Gasteiger partial charge in [-0.3, -0.25) is 0 Å². The summed E-state index contributed by atoms with van der Waals surface area (Å²) in [6, 6.07) is 6.58. The molecule has 0 atom stereocenters. The molecule has 0 amide bonds. The molecular weight excluding hydrogens is 313 g/mol. The maximum Gasteiger partial charge on any atom is 0.200 e. The monoisotopic (exact) mass is 327 g/mol. The summed E-state index contributed by atoms with van der Waals surface area (Å²) in [4.78, 5) is 0. The molecule has 0 unspecified atom stereocenters. The molecule has 0 fully saturated rings. The van der Waals surface area contributed by atoms with Gasteiger partial charge in [-0.2, -0.15) is 0 Å². The lowest BCUT2D eigenvalue weighted by Gasteiger charge is -2.09. The normalized spacial score (nSPS) is 10.8. The van der Waals surface area contributed by atoms with Crippen molar-refractivity contribution in [3.8, 4) is 0 Å². The first kappa shape index (κ1) is 17.0. The quantitative estimate of drug-likeness (QED) is 0.492. The van der Waals surface area contributed by atoms with Gasteiger partial charge < -0.3 is 5.73 Å². The van der Waals surface area contributed by atoms with E-state index in [1.807, 2.05) is 0 Å². The summed E-state index contributed by atoms with van der Waals surface area (Å²) in [6.45, 7) is 3.58. The third-order valence-electron chi connectivity index (χ3n) is 3.44. The first-order valence-electron chi connectivity index (χ1n) is 6.82. The summed E-state index contributed by atoms with van der Waals surface area (Å²) in [5, 5.41) is 0. The van der Waals surface area contributed by atoms with Crippen LogP contribution in [0, 0.1) is 29.1 Å². The average Bonchev–Trinajstić information content (AvgIpc) is 2.54. The van der Waals surface area contributed by atoms with E-state index in [-0.39, 0.29) is 0 Å². The highest BCUT2D eigenvalue weighted by atomic mass is 19.2. The molecule has 2 aromatic carbocycles. The highest BCUT2D eigenvalue weighted by Crippen LogP contribution is 2.25. The standard InChI is InChI=1S/C17H14F5N/c1-9(23)2-3-10-4-6-11(7-5-10)8-12-13(18)15(20)17(22)16(21)14(12)19/h4-7H,1-3,8,23H2. The molecule has 2 aromatic rings. The zero-order valence-electron chi connectivity index (χ0n) is 12.1. The van der Waals surface area contributed by atoms with Crippen molar-refractivity contribution in [3.63, 3.8) is 0 Å². The van der Waals surface area contributed by atoms with Gasteiger partial charge in [0.05, 0.1) is 0 Å². The Morgan fingerprint density at radius 3 is 1.70 bits per heavy atom. The zero-order valence-corrected chi connectivity index (χ0v) is 12.1. The van der Waals surface area contributed by atoms with Crippen LogP contribution >= 0.6 is 0 Å². The van der Waals surface area contributed by atoms with E-state index in [4.69, 9.17) is 5.73 Å². The molecule has 6 heteroatoms. The van der Waals surface area contributed by atoms with Gasteiger partial charge in [-0.05, 0) is 24.0 Å². The maximum absolute atomic E-state index is 13.6. The van der Waals surface area contributed by atoms with Crippen LogP contribution in [0.4, 0.5) is 22.0 Å². The molecule has 0 spiro atoms. The van der Waals surface area contributed by atoms with Crippen LogP contribution < -0.4 is 5.73 Å². The summed E-state index contributed by atoms with van der Waals surface area (Å²) >= 11 is 0. The fourth-order valence-corrected chi connectivity index (χ4v) is 2.14. The van der Waals surface area contributed by atoms with Crippen LogP contribution in [0.2, 0.25) is 0 Å². The molecule has 0 aliphatic carbocycles. The third-order valence-corrected chi connectivity index (χ3v) is 3.44. The van der Waals surface area contributed by atoms with Gasteiger partial charge in [0.15, 0.2) is 23.3 Å². The zero-order chi connectivity index (χ0) is 17.1. The van der Waals surface area contributed by atoms with Gasteiger partial charge in [0.1, 0.15) is 0 Å². The Balaban J connectivity index is 2.25. The molecule has 0 saturated carbocycles. The number of nitrogens with two attached hydrogens (primary N) is 1. The van der Waals surface area contributed by atoms with Gasteiger partial charge in [0.25, 0.3) is 0 Å². The highest BCUT2D eigenvalue weighted by molar-refractivity contribution is 5.32. The number of benzene rings is 2. The van der Waals surface area contributed by atoms with E-state index >= 15 is 0 Å². The largest absolute Gasteiger partial charge is 0.403 e. The lowest BCUT2D eigenvalue weighted by atomic mass is 10.0. The predicted octanol–water partition coefficient (Wildman–Crippen LogP) is 4.38. The van der Waals surface area contributed by atoms with Crippen LogP contribution in [-0.4, -0.2) is 0 Å². The van der Waals surface area contributed by atoms with Crippen LogP contribution in [0.5, 0.6) is 0 Å². The fraction of sp³-hybridized carbons (Fsp3) is 0.176. The number of aryl methyl sites for hydroxylation is 1. The molecule has 0 aromatic heterocycles. The number of hydrogen-bond donors (Lipinski definition) is 1. The summed E-state index contributed by atoms with van der Waals surface area (Å²) < 4.78 is 66.6. The molecule has 1 nitrogen and oxygen atoms in total. The van der Waals surface area contributed by atoms with E-state index in [0.717, 1.165) is 5.56 Å². The molecule has 0 aliphatic rings. The van der Waals surface area contributed by atoms with Gasteiger partial charge in [0.2, 0.25) is 5.82 Å². The topological polar surface area (TPSA) is 26.0 Å². The van der Waals surface area contributed by atoms with Crippen LogP contribution in [0.3, 0.4) is 0 Å². The van der Waals surface area contributed by atoms with E-state index in [1.165, 1.54) is 0 Å². The van der Waals surface area contributed by atoms with Crippen molar-refractivity contribution in [1.82, 2.24) is 0 Å². The van der Waals surface area contributed by atoms with Gasteiger partial charge in [-0.25, -0.2) is 22.0 Å². The molecule has 0 radical (unpaired) electrons. The third kappa shape index (κ3) is 3.70. The maximum atomic E-state index is 13.6. The van der Waals surface area contributed by atoms with E-state index < -0.39 is 41.1 Å². The second-order valence-corrected chi connectivity index (χ2v) is 5.20. The van der Waals surface area contributed by atoms with Crippen molar-refractivity contribution in [1.29, 1.82) is 0 Å². The summed E-state index contributed by atoms with van der Waals surface area (Å²) in [7, 11) is 0. The first-order chi connectivity index (χ1) is 10.8. The lowest BCUT2D eigenvalue weighted by molar-refractivity contribution is 0.371. The van der Waals surface area contributed by atoms with Crippen molar-refractivity contribution in [3.05, 3.63) is 82.3 Å². The minimum Gasteiger partial charge on any atom is -0.403 e. The Bertz CT molecular complexity index is 709. The molecule has 23 heavy (non-hydrogen) atoms. The van der Waals surface area contributed by atoms with E-state index in [2.05, 4.69) is 6.58 Å². The Morgan fingerprint density at radius 1 is 0.783 bits per heavy atom. The van der Waals surface area contributed by atoms with Crippen molar-refractivity contribution in [2.24, 2.45) is 5.73 Å². The average molecular weight is 327 g/mol. The first-order valence-corrected chi connectivity index (χ1v) is 6.82. The molecule has 0 saturated heterocycles. The van der Waals surface area contributed by atoms with Gasteiger partial charge in [-0.15, -0.1) is 0 Å². The van der Waals surface area contributed by atoms with Gasteiger partial charge in [0, 0.05) is 17.7 Å². The number of hydrogen-bond acceptors (Lipinski definition) is 1. The van der Waals surface area contributed by atoms with Crippen molar-refractivity contribution in [2.45, 2.75) is 19.3 Å². The van der Waals surface area contributed by atoms with Crippen LogP contribution in [0.25, 0.3) is 0 Å². The van der Waals surface area contributed by atoms with Crippen molar-refractivity contribution < 1.29 is 22.0 Å². The summed E-state index contributed by atoms with van der Waals surface area (Å²) in [5.74, 6) is -9.62. The van der Waals surface area contributed by atoms with Crippen LogP contribution in [0.15, 0.2) is 36.5 Å².